The molecule has 0 amide bonds. The molecular formula is C25H21F. The van der Waals surface area contributed by atoms with E-state index in [2.05, 4.69) is 30.6 Å². The van der Waals surface area contributed by atoms with Crippen LogP contribution >= 0.6 is 0 Å². The molecule has 3 aromatic rings. The van der Waals surface area contributed by atoms with Crippen LogP contribution in [0.25, 0.3) is 11.1 Å². The van der Waals surface area contributed by atoms with Crippen molar-refractivity contribution in [1.29, 1.82) is 0 Å². The lowest BCUT2D eigenvalue weighted by atomic mass is 10.0. The zero-order valence-corrected chi connectivity index (χ0v) is 14.9. The third-order valence-corrected chi connectivity index (χ3v) is 4.26. The molecule has 26 heavy (non-hydrogen) atoms. The number of rotatable bonds is 4. The van der Waals surface area contributed by atoms with E-state index in [4.69, 9.17) is 0 Å². The molecule has 0 aromatic heterocycles. The quantitative estimate of drug-likeness (QED) is 0.385. The van der Waals surface area contributed by atoms with Crippen LogP contribution in [0, 0.1) is 24.6 Å². The molecule has 0 radical (unpaired) electrons. The topological polar surface area (TPSA) is 0 Å². The first-order valence-electron chi connectivity index (χ1n) is 8.74. The number of allylic oxidation sites excluding steroid dienone is 1. The second-order valence-corrected chi connectivity index (χ2v) is 6.33. The lowest BCUT2D eigenvalue weighted by molar-refractivity contribution is 0.630. The molecule has 0 aliphatic rings. The minimum absolute atomic E-state index is 0.194. The Hall–Kier alpha value is -3.11. The van der Waals surface area contributed by atoms with Crippen LogP contribution in [0.15, 0.2) is 79.4 Å². The second-order valence-electron chi connectivity index (χ2n) is 6.33. The molecule has 3 aromatic carbocycles. The Morgan fingerprint density at radius 1 is 0.885 bits per heavy atom. The smallest absolute Gasteiger partial charge is 0.131 e. The molecule has 0 aliphatic carbocycles. The Morgan fingerprint density at radius 3 is 2.08 bits per heavy atom. The van der Waals surface area contributed by atoms with E-state index in [1.807, 2.05) is 61.5 Å². The molecule has 0 bridgehead atoms. The SMILES string of the molecule is C=CCCc1ccc(C#Cc2ccc(-c3ccc(C)cc3F)cc2)cc1. The van der Waals surface area contributed by atoms with Gasteiger partial charge < -0.3 is 0 Å². The van der Waals surface area contributed by atoms with Gasteiger partial charge in [-0.25, -0.2) is 4.39 Å². The van der Waals surface area contributed by atoms with Gasteiger partial charge in [0, 0.05) is 16.7 Å². The van der Waals surface area contributed by atoms with Gasteiger partial charge in [0.05, 0.1) is 0 Å². The Bertz CT molecular complexity index is 952. The lowest BCUT2D eigenvalue weighted by Gasteiger charge is -2.04. The van der Waals surface area contributed by atoms with Crippen molar-refractivity contribution in [1.82, 2.24) is 0 Å². The number of benzene rings is 3. The lowest BCUT2D eigenvalue weighted by Crippen LogP contribution is -1.86. The maximum atomic E-state index is 14.1. The molecule has 0 atom stereocenters. The first-order chi connectivity index (χ1) is 12.7. The minimum Gasteiger partial charge on any atom is -0.206 e. The standard InChI is InChI=1S/C25H21F/c1-3-4-5-20-7-9-21(10-8-20)11-12-22-13-15-23(16-14-22)24-17-6-19(2)18-25(24)26/h3,6-10,13-18H,1,4-5H2,2H3. The third kappa shape index (κ3) is 4.49. The van der Waals surface area contributed by atoms with Crippen LogP contribution in [0.2, 0.25) is 0 Å². The van der Waals surface area contributed by atoms with Crippen molar-refractivity contribution < 1.29 is 4.39 Å². The van der Waals surface area contributed by atoms with E-state index in [1.54, 1.807) is 6.07 Å². The van der Waals surface area contributed by atoms with E-state index in [0.29, 0.717) is 5.56 Å². The van der Waals surface area contributed by atoms with Gasteiger partial charge in [-0.15, -0.1) is 6.58 Å². The van der Waals surface area contributed by atoms with Crippen molar-refractivity contribution in [2.24, 2.45) is 0 Å². The highest BCUT2D eigenvalue weighted by Crippen LogP contribution is 2.23. The predicted molar refractivity (Wildman–Crippen MR) is 108 cm³/mol. The first kappa shape index (κ1) is 17.7. The van der Waals surface area contributed by atoms with Crippen molar-refractivity contribution in [3.63, 3.8) is 0 Å². The molecule has 0 nitrogen and oxygen atoms in total. The summed E-state index contributed by atoms with van der Waals surface area (Å²) in [6, 6.07) is 21.3. The Kier molecular flexibility index (Phi) is 5.66. The largest absolute Gasteiger partial charge is 0.206 e. The summed E-state index contributed by atoms with van der Waals surface area (Å²) in [5, 5.41) is 0. The van der Waals surface area contributed by atoms with Gasteiger partial charge in [-0.3, -0.25) is 0 Å². The summed E-state index contributed by atoms with van der Waals surface area (Å²) in [6.45, 7) is 5.63. The fraction of sp³-hybridized carbons (Fsp3) is 0.120. The number of hydrogen-bond donors (Lipinski definition) is 0. The summed E-state index contributed by atoms with van der Waals surface area (Å²) < 4.78 is 14.1. The van der Waals surface area contributed by atoms with Gasteiger partial charge in [-0.2, -0.15) is 0 Å². The van der Waals surface area contributed by atoms with Gasteiger partial charge in [-0.1, -0.05) is 54.3 Å². The van der Waals surface area contributed by atoms with Gasteiger partial charge in [-0.05, 0) is 66.8 Å². The fourth-order valence-electron chi connectivity index (χ4n) is 2.76. The van der Waals surface area contributed by atoms with Crippen LogP contribution in [0.5, 0.6) is 0 Å². The molecular weight excluding hydrogens is 319 g/mol. The summed E-state index contributed by atoms with van der Waals surface area (Å²) >= 11 is 0. The predicted octanol–water partition coefficient (Wildman–Crippen LogP) is 6.32. The average molecular weight is 340 g/mol. The van der Waals surface area contributed by atoms with Crippen molar-refractivity contribution in [2.75, 3.05) is 0 Å². The van der Waals surface area contributed by atoms with Crippen LogP contribution in [0.3, 0.4) is 0 Å². The highest BCUT2D eigenvalue weighted by molar-refractivity contribution is 5.65. The summed E-state index contributed by atoms with van der Waals surface area (Å²) in [7, 11) is 0. The van der Waals surface area contributed by atoms with E-state index in [0.717, 1.165) is 35.1 Å². The molecule has 0 N–H and O–H groups in total. The van der Waals surface area contributed by atoms with Crippen LogP contribution in [-0.4, -0.2) is 0 Å². The number of hydrogen-bond acceptors (Lipinski definition) is 0. The highest BCUT2D eigenvalue weighted by Gasteiger charge is 2.04. The van der Waals surface area contributed by atoms with Gasteiger partial charge in [0.1, 0.15) is 5.82 Å². The van der Waals surface area contributed by atoms with Gasteiger partial charge in [0.25, 0.3) is 0 Å². The van der Waals surface area contributed by atoms with E-state index in [-0.39, 0.29) is 5.82 Å². The average Bonchev–Trinajstić information content (AvgIpc) is 2.66. The molecule has 0 saturated heterocycles. The molecule has 0 aliphatic heterocycles. The Morgan fingerprint density at radius 2 is 1.50 bits per heavy atom. The van der Waals surface area contributed by atoms with E-state index in [1.165, 1.54) is 5.56 Å². The third-order valence-electron chi connectivity index (χ3n) is 4.26. The second kappa shape index (κ2) is 8.32. The first-order valence-corrected chi connectivity index (χ1v) is 8.74. The van der Waals surface area contributed by atoms with Crippen molar-refractivity contribution in [3.8, 4) is 23.0 Å². The molecule has 0 spiro atoms. The van der Waals surface area contributed by atoms with E-state index in [9.17, 15) is 4.39 Å². The zero-order chi connectivity index (χ0) is 18.4. The van der Waals surface area contributed by atoms with Crippen LogP contribution < -0.4 is 0 Å². The number of aryl methyl sites for hydroxylation is 2. The van der Waals surface area contributed by atoms with Gasteiger partial charge >= 0.3 is 0 Å². The van der Waals surface area contributed by atoms with Crippen LogP contribution in [0.4, 0.5) is 4.39 Å². The Balaban J connectivity index is 1.74. The van der Waals surface area contributed by atoms with E-state index >= 15 is 0 Å². The normalized spacial score (nSPS) is 10.1. The van der Waals surface area contributed by atoms with Crippen molar-refractivity contribution in [2.45, 2.75) is 19.8 Å². The van der Waals surface area contributed by atoms with Crippen molar-refractivity contribution >= 4 is 0 Å². The van der Waals surface area contributed by atoms with Crippen molar-refractivity contribution in [3.05, 3.63) is 107 Å². The fourth-order valence-corrected chi connectivity index (χ4v) is 2.76. The van der Waals surface area contributed by atoms with Gasteiger partial charge in [0.2, 0.25) is 0 Å². The Labute approximate surface area is 155 Å². The molecule has 128 valence electrons. The maximum absolute atomic E-state index is 14.1. The zero-order valence-electron chi connectivity index (χ0n) is 14.9. The summed E-state index contributed by atoms with van der Waals surface area (Å²) in [6.07, 6.45) is 3.92. The van der Waals surface area contributed by atoms with Gasteiger partial charge in [0.15, 0.2) is 0 Å². The maximum Gasteiger partial charge on any atom is 0.131 e. The summed E-state index contributed by atoms with van der Waals surface area (Å²) in [5.41, 5.74) is 5.59. The molecule has 0 heterocycles. The van der Waals surface area contributed by atoms with E-state index < -0.39 is 0 Å². The van der Waals surface area contributed by atoms with Crippen LogP contribution in [-0.2, 0) is 6.42 Å². The summed E-state index contributed by atoms with van der Waals surface area (Å²) in [4.78, 5) is 0. The number of halogens is 1. The molecule has 1 heteroatoms. The monoisotopic (exact) mass is 340 g/mol. The van der Waals surface area contributed by atoms with Crippen LogP contribution in [0.1, 0.15) is 28.7 Å². The molecule has 0 saturated carbocycles. The highest BCUT2D eigenvalue weighted by atomic mass is 19.1. The molecule has 0 fully saturated rings. The summed E-state index contributed by atoms with van der Waals surface area (Å²) in [5.74, 6) is 6.15. The molecule has 3 rings (SSSR count). The minimum atomic E-state index is -0.194. The molecule has 0 unspecified atom stereocenters.